The van der Waals surface area contributed by atoms with Gasteiger partial charge in [-0.1, -0.05) is 34.5 Å². The average Bonchev–Trinajstić information content (AvgIpc) is 3.19. The summed E-state index contributed by atoms with van der Waals surface area (Å²) in [6.45, 7) is 1.21. The van der Waals surface area contributed by atoms with Gasteiger partial charge in [-0.15, -0.1) is 0 Å². The maximum absolute atomic E-state index is 12.9. The highest BCUT2D eigenvalue weighted by atomic mass is 79.9. The van der Waals surface area contributed by atoms with Crippen molar-refractivity contribution in [3.05, 3.63) is 52.0 Å². The number of nitrogens with one attached hydrogen (secondary N) is 2. The molecule has 2 aromatic rings. The molecule has 0 saturated carbocycles. The summed E-state index contributed by atoms with van der Waals surface area (Å²) in [7, 11) is 1.40. The molecule has 1 aromatic heterocycles. The number of imidazole rings is 1. The number of benzene rings is 1. The van der Waals surface area contributed by atoms with Gasteiger partial charge in [0.15, 0.2) is 0 Å². The van der Waals surface area contributed by atoms with Crippen LogP contribution < -0.4 is 5.32 Å². The van der Waals surface area contributed by atoms with Crippen molar-refractivity contribution in [2.45, 2.75) is 38.1 Å². The number of fused-ring (bicyclic) bond motifs is 1. The van der Waals surface area contributed by atoms with E-state index in [0.29, 0.717) is 19.5 Å². The minimum atomic E-state index is -0.206. The minimum absolute atomic E-state index is 0.0884. The SMILES string of the molecule is COC(=O)CCCCCNC(=O)N1CCc2[nH]cnc2[C@@H]1c1ccc(Br)cc1. The number of carbonyl (C=O) groups is 2. The summed E-state index contributed by atoms with van der Waals surface area (Å²) >= 11 is 3.46. The van der Waals surface area contributed by atoms with Crippen LogP contribution in [0.25, 0.3) is 0 Å². The van der Waals surface area contributed by atoms with E-state index >= 15 is 0 Å². The van der Waals surface area contributed by atoms with Gasteiger partial charge in [-0.25, -0.2) is 9.78 Å². The smallest absolute Gasteiger partial charge is 0.318 e. The zero-order valence-electron chi connectivity index (χ0n) is 15.9. The fourth-order valence-electron chi connectivity index (χ4n) is 3.45. The van der Waals surface area contributed by atoms with Crippen molar-refractivity contribution in [3.8, 4) is 0 Å². The standard InChI is InChI=1S/C20H25BrN4O3/c1-28-17(26)5-3-2-4-11-22-20(27)25-12-10-16-18(24-13-23-16)19(25)14-6-8-15(21)9-7-14/h6-9,13,19H,2-5,10-12H2,1H3,(H,22,27)(H,23,24)/t19-/m0/s1. The zero-order chi connectivity index (χ0) is 19.9. The number of aromatic amines is 1. The van der Waals surface area contributed by atoms with Gasteiger partial charge < -0.3 is 19.9 Å². The molecule has 0 unspecified atom stereocenters. The topological polar surface area (TPSA) is 87.3 Å². The van der Waals surface area contributed by atoms with Gasteiger partial charge in [-0.2, -0.15) is 0 Å². The molecular formula is C20H25BrN4O3. The number of aromatic nitrogens is 2. The first-order valence-corrected chi connectivity index (χ1v) is 10.3. The summed E-state index contributed by atoms with van der Waals surface area (Å²) in [4.78, 5) is 33.5. The number of nitrogens with zero attached hydrogens (tertiary/aromatic N) is 2. The molecule has 2 amide bonds. The summed E-state index contributed by atoms with van der Waals surface area (Å²) in [5.74, 6) is -0.190. The van der Waals surface area contributed by atoms with Gasteiger partial charge in [0.1, 0.15) is 6.04 Å². The molecule has 28 heavy (non-hydrogen) atoms. The van der Waals surface area contributed by atoms with Gasteiger partial charge in [0.05, 0.1) is 19.1 Å². The van der Waals surface area contributed by atoms with Crippen LogP contribution in [0.2, 0.25) is 0 Å². The van der Waals surface area contributed by atoms with E-state index in [1.54, 1.807) is 6.33 Å². The van der Waals surface area contributed by atoms with Crippen molar-refractivity contribution in [1.82, 2.24) is 20.2 Å². The average molecular weight is 449 g/mol. The molecule has 1 atom stereocenters. The van der Waals surface area contributed by atoms with E-state index in [-0.39, 0.29) is 18.0 Å². The molecule has 0 radical (unpaired) electrons. The van der Waals surface area contributed by atoms with Crippen LogP contribution in [0, 0.1) is 0 Å². The van der Waals surface area contributed by atoms with E-state index in [2.05, 4.69) is 36.0 Å². The highest BCUT2D eigenvalue weighted by Gasteiger charge is 2.33. The highest BCUT2D eigenvalue weighted by molar-refractivity contribution is 9.10. The lowest BCUT2D eigenvalue weighted by Crippen LogP contribution is -2.46. The molecular weight excluding hydrogens is 424 g/mol. The van der Waals surface area contributed by atoms with E-state index in [0.717, 1.165) is 47.1 Å². The van der Waals surface area contributed by atoms with Crippen molar-refractivity contribution in [3.63, 3.8) is 0 Å². The van der Waals surface area contributed by atoms with Crippen molar-refractivity contribution in [2.75, 3.05) is 20.2 Å². The monoisotopic (exact) mass is 448 g/mol. The molecule has 0 aliphatic carbocycles. The van der Waals surface area contributed by atoms with Gasteiger partial charge >= 0.3 is 12.0 Å². The van der Waals surface area contributed by atoms with Crippen LogP contribution in [-0.2, 0) is 16.0 Å². The molecule has 1 aliphatic heterocycles. The van der Waals surface area contributed by atoms with Crippen LogP contribution in [0.15, 0.2) is 35.1 Å². The Hall–Kier alpha value is -2.35. The predicted molar refractivity (Wildman–Crippen MR) is 109 cm³/mol. The summed E-state index contributed by atoms with van der Waals surface area (Å²) in [6.07, 6.45) is 5.34. The van der Waals surface area contributed by atoms with E-state index in [4.69, 9.17) is 0 Å². The number of methoxy groups -OCH3 is 1. The Bertz CT molecular complexity index is 806. The second kappa shape index (κ2) is 9.73. The molecule has 1 aromatic carbocycles. The second-order valence-corrected chi connectivity index (χ2v) is 7.70. The number of amides is 2. The van der Waals surface area contributed by atoms with E-state index in [1.165, 1.54) is 7.11 Å². The molecule has 0 fully saturated rings. The number of urea groups is 1. The number of rotatable bonds is 7. The maximum Gasteiger partial charge on any atom is 0.318 e. The number of esters is 1. The van der Waals surface area contributed by atoms with Crippen LogP contribution in [0.1, 0.15) is 48.7 Å². The lowest BCUT2D eigenvalue weighted by Gasteiger charge is -2.35. The quantitative estimate of drug-likeness (QED) is 0.500. The van der Waals surface area contributed by atoms with Crippen LogP contribution in [0.3, 0.4) is 0 Å². The van der Waals surface area contributed by atoms with E-state index in [9.17, 15) is 9.59 Å². The largest absolute Gasteiger partial charge is 0.469 e. The fourth-order valence-corrected chi connectivity index (χ4v) is 3.71. The Kier molecular flexibility index (Phi) is 7.08. The number of hydrogen-bond acceptors (Lipinski definition) is 4. The lowest BCUT2D eigenvalue weighted by atomic mass is 9.96. The van der Waals surface area contributed by atoms with Crippen LogP contribution in [0.5, 0.6) is 0 Å². The normalized spacial score (nSPS) is 15.8. The van der Waals surface area contributed by atoms with Crippen molar-refractivity contribution in [1.29, 1.82) is 0 Å². The lowest BCUT2D eigenvalue weighted by molar-refractivity contribution is -0.140. The zero-order valence-corrected chi connectivity index (χ0v) is 17.5. The number of unbranched alkanes of at least 4 members (excludes halogenated alkanes) is 2. The Morgan fingerprint density at radius 1 is 1.29 bits per heavy atom. The van der Waals surface area contributed by atoms with Gasteiger partial charge in [-0.3, -0.25) is 4.79 Å². The number of ether oxygens (including phenoxy) is 1. The summed E-state index contributed by atoms with van der Waals surface area (Å²) < 4.78 is 5.63. The molecule has 0 bridgehead atoms. The molecule has 2 heterocycles. The molecule has 150 valence electrons. The number of hydrogen-bond donors (Lipinski definition) is 2. The summed E-state index contributed by atoms with van der Waals surface area (Å²) in [5, 5.41) is 3.01. The Morgan fingerprint density at radius 2 is 2.07 bits per heavy atom. The van der Waals surface area contributed by atoms with Crippen molar-refractivity contribution >= 4 is 27.9 Å². The van der Waals surface area contributed by atoms with Gasteiger partial charge in [0, 0.05) is 36.1 Å². The molecule has 8 heteroatoms. The van der Waals surface area contributed by atoms with Gasteiger partial charge in [0.25, 0.3) is 0 Å². The molecule has 0 saturated heterocycles. The minimum Gasteiger partial charge on any atom is -0.469 e. The van der Waals surface area contributed by atoms with E-state index in [1.807, 2.05) is 29.2 Å². The third kappa shape index (κ3) is 4.92. The highest BCUT2D eigenvalue weighted by Crippen LogP contribution is 2.33. The number of carbonyl (C=O) groups excluding carboxylic acids is 2. The first-order chi connectivity index (χ1) is 13.6. The third-order valence-electron chi connectivity index (χ3n) is 4.93. The fraction of sp³-hybridized carbons (Fsp3) is 0.450. The number of H-pyrrole nitrogens is 1. The number of halogens is 1. The Morgan fingerprint density at radius 3 is 2.82 bits per heavy atom. The maximum atomic E-state index is 12.9. The van der Waals surface area contributed by atoms with Gasteiger partial charge in [-0.05, 0) is 30.5 Å². The predicted octanol–water partition coefficient (Wildman–Crippen LogP) is 3.56. The Balaban J connectivity index is 1.60. The van der Waals surface area contributed by atoms with Gasteiger partial charge in [0.2, 0.25) is 0 Å². The third-order valence-corrected chi connectivity index (χ3v) is 5.46. The summed E-state index contributed by atoms with van der Waals surface area (Å²) in [5.41, 5.74) is 3.02. The molecule has 7 nitrogen and oxygen atoms in total. The van der Waals surface area contributed by atoms with Crippen LogP contribution in [0.4, 0.5) is 4.79 Å². The molecule has 2 N–H and O–H groups in total. The van der Waals surface area contributed by atoms with Crippen molar-refractivity contribution < 1.29 is 14.3 Å². The van der Waals surface area contributed by atoms with Crippen LogP contribution in [-0.4, -0.2) is 47.1 Å². The first kappa shape index (κ1) is 20.4. The summed E-state index contributed by atoms with van der Waals surface area (Å²) in [6, 6.07) is 7.70. The molecule has 1 aliphatic rings. The van der Waals surface area contributed by atoms with E-state index < -0.39 is 0 Å². The molecule has 3 rings (SSSR count). The Labute approximate surface area is 173 Å². The first-order valence-electron chi connectivity index (χ1n) is 9.49. The molecule has 0 spiro atoms. The second-order valence-electron chi connectivity index (χ2n) is 6.78. The van der Waals surface area contributed by atoms with Crippen molar-refractivity contribution in [2.24, 2.45) is 0 Å². The van der Waals surface area contributed by atoms with Crippen LogP contribution >= 0.6 is 15.9 Å².